The molecule has 0 fully saturated rings. The van der Waals surface area contributed by atoms with Gasteiger partial charge in [0.1, 0.15) is 17.3 Å². The topological polar surface area (TPSA) is 55.1 Å². The summed E-state index contributed by atoms with van der Waals surface area (Å²) in [4.78, 5) is 4.81. The van der Waals surface area contributed by atoms with Crippen LogP contribution in [-0.4, -0.2) is 19.8 Å². The van der Waals surface area contributed by atoms with Crippen molar-refractivity contribution in [2.75, 3.05) is 5.32 Å². The highest BCUT2D eigenvalue weighted by molar-refractivity contribution is 6.31. The van der Waals surface area contributed by atoms with E-state index >= 15 is 0 Å². The number of nitrogens with one attached hydrogen (secondary N) is 1. The van der Waals surface area contributed by atoms with Crippen LogP contribution in [0, 0.1) is 5.82 Å². The molecule has 0 saturated heterocycles. The quantitative estimate of drug-likeness (QED) is 0.439. The summed E-state index contributed by atoms with van der Waals surface area (Å²) in [6.07, 6.45) is 0. The summed E-state index contributed by atoms with van der Waals surface area (Å²) in [7, 11) is 0. The molecule has 3 aromatic carbocycles. The highest BCUT2D eigenvalue weighted by Crippen LogP contribution is 2.28. The zero-order valence-corrected chi connectivity index (χ0v) is 15.9. The van der Waals surface area contributed by atoms with Crippen molar-refractivity contribution in [3.63, 3.8) is 0 Å². The Balaban J connectivity index is 1.63. The Labute approximate surface area is 170 Å². The lowest BCUT2D eigenvalue weighted by Gasteiger charge is -2.11. The first-order valence-electron chi connectivity index (χ1n) is 9.08. The van der Waals surface area contributed by atoms with Crippen molar-refractivity contribution in [1.29, 1.82) is 0 Å². The van der Waals surface area contributed by atoms with E-state index in [2.05, 4.69) is 15.6 Å². The summed E-state index contributed by atoms with van der Waals surface area (Å²) >= 11 is 6.17. The van der Waals surface area contributed by atoms with Gasteiger partial charge < -0.3 is 5.32 Å². The molecule has 5 rings (SSSR count). The first-order valence-corrected chi connectivity index (χ1v) is 9.46. The fourth-order valence-corrected chi connectivity index (χ4v) is 3.56. The van der Waals surface area contributed by atoms with Crippen molar-refractivity contribution in [3.8, 4) is 11.3 Å². The number of fused-ring (bicyclic) bond motifs is 3. The summed E-state index contributed by atoms with van der Waals surface area (Å²) in [5.41, 5.74) is 3.98. The average Bonchev–Trinajstić information content (AvgIpc) is 3.18. The number of rotatable bonds is 4. The molecule has 0 amide bonds. The predicted octanol–water partition coefficient (Wildman–Crippen LogP) is 5.35. The molecule has 2 aromatic heterocycles. The molecule has 2 heterocycles. The molecule has 0 spiro atoms. The molecule has 0 saturated carbocycles. The van der Waals surface area contributed by atoms with Gasteiger partial charge in [-0.25, -0.2) is 9.37 Å². The second kappa shape index (κ2) is 7.14. The van der Waals surface area contributed by atoms with Crippen LogP contribution in [0.1, 0.15) is 5.56 Å². The number of nitrogens with zero attached hydrogens (tertiary/aromatic N) is 4. The van der Waals surface area contributed by atoms with E-state index in [0.29, 0.717) is 28.7 Å². The molecule has 0 aliphatic carbocycles. The Morgan fingerprint density at radius 3 is 2.59 bits per heavy atom. The molecule has 5 aromatic rings. The third-order valence-corrected chi connectivity index (χ3v) is 5.11. The van der Waals surface area contributed by atoms with Gasteiger partial charge in [0.05, 0.1) is 5.52 Å². The van der Waals surface area contributed by atoms with Crippen molar-refractivity contribution < 1.29 is 4.39 Å². The van der Waals surface area contributed by atoms with Gasteiger partial charge >= 0.3 is 0 Å². The van der Waals surface area contributed by atoms with Gasteiger partial charge in [-0.1, -0.05) is 65.3 Å². The van der Waals surface area contributed by atoms with Crippen LogP contribution in [0.5, 0.6) is 0 Å². The van der Waals surface area contributed by atoms with Crippen LogP contribution in [0.2, 0.25) is 5.02 Å². The molecule has 1 N–H and O–H groups in total. The zero-order chi connectivity index (χ0) is 19.8. The Bertz CT molecular complexity index is 1330. The van der Waals surface area contributed by atoms with E-state index in [9.17, 15) is 4.39 Å². The van der Waals surface area contributed by atoms with Crippen LogP contribution in [-0.2, 0) is 6.54 Å². The summed E-state index contributed by atoms with van der Waals surface area (Å²) in [5.74, 6) is 0.328. The molecule has 0 radical (unpaired) electrons. The maximum Gasteiger partial charge on any atom is 0.186 e. The molecule has 29 heavy (non-hydrogen) atoms. The minimum atomic E-state index is -0.360. The second-order valence-electron chi connectivity index (χ2n) is 6.61. The Kier molecular flexibility index (Phi) is 4.33. The Morgan fingerprint density at radius 2 is 1.76 bits per heavy atom. The summed E-state index contributed by atoms with van der Waals surface area (Å²) in [6.45, 7) is 0.411. The zero-order valence-electron chi connectivity index (χ0n) is 15.2. The van der Waals surface area contributed by atoms with Crippen LogP contribution >= 0.6 is 11.6 Å². The molecule has 5 nitrogen and oxygen atoms in total. The van der Waals surface area contributed by atoms with Gasteiger partial charge in [0.25, 0.3) is 0 Å². The highest BCUT2D eigenvalue weighted by Gasteiger charge is 2.15. The van der Waals surface area contributed by atoms with Gasteiger partial charge in [0, 0.05) is 22.5 Å². The van der Waals surface area contributed by atoms with Crippen molar-refractivity contribution in [2.45, 2.75) is 6.54 Å². The van der Waals surface area contributed by atoms with E-state index in [1.807, 2.05) is 54.6 Å². The first kappa shape index (κ1) is 17.6. The van der Waals surface area contributed by atoms with Gasteiger partial charge in [0.2, 0.25) is 0 Å². The lowest BCUT2D eigenvalue weighted by atomic mass is 10.1. The number of para-hydroxylation sites is 1. The summed E-state index contributed by atoms with van der Waals surface area (Å²) < 4.78 is 15.1. The van der Waals surface area contributed by atoms with E-state index in [1.165, 1.54) is 12.1 Å². The van der Waals surface area contributed by atoms with E-state index < -0.39 is 0 Å². The molecule has 0 bridgehead atoms. The minimum absolute atomic E-state index is 0.360. The summed E-state index contributed by atoms with van der Waals surface area (Å²) in [6, 6.07) is 22.0. The van der Waals surface area contributed by atoms with Crippen molar-refractivity contribution in [2.24, 2.45) is 0 Å². The lowest BCUT2D eigenvalue weighted by molar-refractivity contribution is 0.627. The molecule has 0 aliphatic rings. The third kappa shape index (κ3) is 3.17. The molecule has 7 heteroatoms. The number of halogens is 2. The van der Waals surface area contributed by atoms with Crippen molar-refractivity contribution >= 4 is 34.0 Å². The molecule has 142 valence electrons. The first-order chi connectivity index (χ1) is 14.2. The third-order valence-electron chi connectivity index (χ3n) is 4.76. The molecule has 0 atom stereocenters. The molecule has 0 aliphatic heterocycles. The molecule has 0 unspecified atom stereocenters. The van der Waals surface area contributed by atoms with Crippen LogP contribution in [0.15, 0.2) is 72.8 Å². The van der Waals surface area contributed by atoms with Gasteiger partial charge in [-0.15, -0.1) is 5.10 Å². The number of anilines is 1. The van der Waals surface area contributed by atoms with E-state index in [1.54, 1.807) is 10.6 Å². The van der Waals surface area contributed by atoms with Gasteiger partial charge in [0.15, 0.2) is 5.65 Å². The average molecular weight is 404 g/mol. The van der Waals surface area contributed by atoms with Crippen molar-refractivity contribution in [1.82, 2.24) is 19.8 Å². The van der Waals surface area contributed by atoms with E-state index in [4.69, 9.17) is 16.6 Å². The van der Waals surface area contributed by atoms with Gasteiger partial charge in [-0.2, -0.15) is 4.52 Å². The molecular weight excluding hydrogens is 389 g/mol. The van der Waals surface area contributed by atoms with Crippen LogP contribution in [0.4, 0.5) is 10.2 Å². The Morgan fingerprint density at radius 1 is 0.966 bits per heavy atom. The fourth-order valence-electron chi connectivity index (χ4n) is 3.33. The van der Waals surface area contributed by atoms with Crippen LogP contribution < -0.4 is 5.32 Å². The van der Waals surface area contributed by atoms with Gasteiger partial charge in [-0.3, -0.25) is 0 Å². The summed E-state index contributed by atoms with van der Waals surface area (Å²) in [5, 5.41) is 13.3. The Hall–Kier alpha value is -3.51. The van der Waals surface area contributed by atoms with Crippen molar-refractivity contribution in [3.05, 3.63) is 89.2 Å². The van der Waals surface area contributed by atoms with E-state index in [-0.39, 0.29) is 5.82 Å². The predicted molar refractivity (Wildman–Crippen MR) is 112 cm³/mol. The monoisotopic (exact) mass is 403 g/mol. The second-order valence-corrected chi connectivity index (χ2v) is 7.01. The smallest absolute Gasteiger partial charge is 0.186 e. The molecular formula is C22H15ClFN5. The number of hydrogen-bond acceptors (Lipinski definition) is 4. The minimum Gasteiger partial charge on any atom is -0.365 e. The number of aromatic nitrogens is 4. The highest BCUT2D eigenvalue weighted by atomic mass is 35.5. The van der Waals surface area contributed by atoms with Gasteiger partial charge in [-0.05, 0) is 29.8 Å². The maximum atomic E-state index is 13.3. The standard InChI is InChI=1S/C22H15ClFN5/c23-18-12-16(24)11-10-15(18)13-25-21-17-8-4-5-9-19(17)29-22(26-21)20(27-28-29)14-6-2-1-3-7-14/h1-12H,13H2,(H,25,26). The lowest BCUT2D eigenvalue weighted by Crippen LogP contribution is -2.05. The maximum absolute atomic E-state index is 13.3. The number of benzene rings is 3. The van der Waals surface area contributed by atoms with E-state index in [0.717, 1.165) is 22.0 Å². The fraction of sp³-hybridized carbons (Fsp3) is 0.0455. The SMILES string of the molecule is Fc1ccc(CNc2nc3c(-c4ccccc4)nnn3c3ccccc23)c(Cl)c1. The number of hydrogen-bond donors (Lipinski definition) is 1. The van der Waals surface area contributed by atoms with Crippen LogP contribution in [0.3, 0.4) is 0 Å². The normalized spacial score (nSPS) is 11.2. The van der Waals surface area contributed by atoms with Crippen LogP contribution in [0.25, 0.3) is 27.8 Å². The largest absolute Gasteiger partial charge is 0.365 e.